The van der Waals surface area contributed by atoms with Gasteiger partial charge in [0.1, 0.15) is 10.6 Å². The van der Waals surface area contributed by atoms with Crippen LogP contribution < -0.4 is 14.8 Å². The highest BCUT2D eigenvalue weighted by atomic mass is 35.5. The maximum Gasteiger partial charge on any atom is 0.245 e. The summed E-state index contributed by atoms with van der Waals surface area (Å²) in [5, 5.41) is 2.80. The molecule has 20 heavy (non-hydrogen) atoms. The standard InChI is InChI=1S/C12H17ClN2O4S/c1-4-14-12(16)8(2)15-20(17,18)11-7-9(13)5-6-10(11)19-3/h5-8,15H,4H2,1-3H3,(H,14,16)/t8-/m0/s1. The van der Waals surface area contributed by atoms with Gasteiger partial charge in [0.25, 0.3) is 0 Å². The quantitative estimate of drug-likeness (QED) is 0.823. The van der Waals surface area contributed by atoms with E-state index in [9.17, 15) is 13.2 Å². The van der Waals surface area contributed by atoms with E-state index in [0.717, 1.165) is 0 Å². The normalized spacial score (nSPS) is 12.8. The maximum absolute atomic E-state index is 12.3. The Labute approximate surface area is 123 Å². The second kappa shape index (κ2) is 6.92. The van der Waals surface area contributed by atoms with Crippen LogP contribution in [0.4, 0.5) is 0 Å². The molecule has 0 fully saturated rings. The largest absolute Gasteiger partial charge is 0.495 e. The van der Waals surface area contributed by atoms with Crippen molar-refractivity contribution in [2.75, 3.05) is 13.7 Å². The maximum atomic E-state index is 12.3. The summed E-state index contributed by atoms with van der Waals surface area (Å²) in [6, 6.07) is 3.34. The SMILES string of the molecule is CCNC(=O)[C@H](C)NS(=O)(=O)c1cc(Cl)ccc1OC. The molecule has 1 atom stereocenters. The van der Waals surface area contributed by atoms with Crippen molar-refractivity contribution < 1.29 is 17.9 Å². The molecule has 0 aromatic heterocycles. The third-order valence-electron chi connectivity index (χ3n) is 2.49. The molecule has 0 heterocycles. The minimum Gasteiger partial charge on any atom is -0.495 e. The Morgan fingerprint density at radius 2 is 2.10 bits per heavy atom. The molecule has 6 nitrogen and oxygen atoms in total. The second-order valence-corrected chi connectivity index (χ2v) is 6.15. The van der Waals surface area contributed by atoms with Crippen LogP contribution in [0.5, 0.6) is 5.75 Å². The molecule has 0 saturated heterocycles. The van der Waals surface area contributed by atoms with E-state index >= 15 is 0 Å². The molecular weight excluding hydrogens is 304 g/mol. The van der Waals surface area contributed by atoms with Gasteiger partial charge in [0, 0.05) is 11.6 Å². The Morgan fingerprint density at radius 1 is 1.45 bits per heavy atom. The minimum atomic E-state index is -3.91. The van der Waals surface area contributed by atoms with Gasteiger partial charge in [0.15, 0.2) is 0 Å². The summed E-state index contributed by atoms with van der Waals surface area (Å²) in [6.07, 6.45) is 0. The van der Waals surface area contributed by atoms with Crippen LogP contribution in [0.1, 0.15) is 13.8 Å². The summed E-state index contributed by atoms with van der Waals surface area (Å²) in [4.78, 5) is 11.5. The van der Waals surface area contributed by atoms with E-state index in [0.29, 0.717) is 6.54 Å². The number of methoxy groups -OCH3 is 1. The van der Waals surface area contributed by atoms with Crippen LogP contribution in [0.2, 0.25) is 5.02 Å². The summed E-state index contributed by atoms with van der Waals surface area (Å²) in [5.74, 6) is -0.248. The number of ether oxygens (including phenoxy) is 1. The number of rotatable bonds is 6. The molecule has 0 radical (unpaired) electrons. The van der Waals surface area contributed by atoms with Crippen molar-refractivity contribution in [1.82, 2.24) is 10.0 Å². The van der Waals surface area contributed by atoms with Gasteiger partial charge in [-0.2, -0.15) is 4.72 Å². The summed E-state index contributed by atoms with van der Waals surface area (Å²) in [7, 11) is -2.55. The molecule has 8 heteroatoms. The van der Waals surface area contributed by atoms with Gasteiger partial charge in [-0.3, -0.25) is 4.79 Å². The number of likely N-dealkylation sites (N-methyl/N-ethyl adjacent to an activating group) is 1. The highest BCUT2D eigenvalue weighted by Crippen LogP contribution is 2.26. The van der Waals surface area contributed by atoms with Crippen LogP contribution in [0, 0.1) is 0 Å². The fraction of sp³-hybridized carbons (Fsp3) is 0.417. The smallest absolute Gasteiger partial charge is 0.245 e. The van der Waals surface area contributed by atoms with Crippen molar-refractivity contribution in [2.24, 2.45) is 0 Å². The molecule has 0 unspecified atom stereocenters. The van der Waals surface area contributed by atoms with Crippen LogP contribution >= 0.6 is 11.6 Å². The fourth-order valence-electron chi connectivity index (χ4n) is 1.54. The molecule has 1 rings (SSSR count). The molecule has 1 aromatic carbocycles. The van der Waals surface area contributed by atoms with E-state index in [1.807, 2.05) is 0 Å². The van der Waals surface area contributed by atoms with E-state index in [1.54, 1.807) is 6.92 Å². The first-order valence-corrected chi connectivity index (χ1v) is 7.81. The Bertz CT molecular complexity index is 589. The molecule has 0 spiro atoms. The van der Waals surface area contributed by atoms with Gasteiger partial charge in [-0.25, -0.2) is 8.42 Å². The average molecular weight is 321 g/mol. The Morgan fingerprint density at radius 3 is 2.65 bits per heavy atom. The van der Waals surface area contributed by atoms with E-state index in [2.05, 4.69) is 10.0 Å². The first-order valence-electron chi connectivity index (χ1n) is 5.95. The van der Waals surface area contributed by atoms with Crippen LogP contribution in [0.15, 0.2) is 23.1 Å². The van der Waals surface area contributed by atoms with E-state index in [-0.39, 0.29) is 15.7 Å². The summed E-state index contributed by atoms with van der Waals surface area (Å²) < 4.78 is 31.8. The molecule has 1 aromatic rings. The highest BCUT2D eigenvalue weighted by Gasteiger charge is 2.25. The lowest BCUT2D eigenvalue weighted by Crippen LogP contribution is -2.44. The number of hydrogen-bond donors (Lipinski definition) is 2. The Hall–Kier alpha value is -1.31. The molecule has 0 saturated carbocycles. The molecule has 0 aliphatic rings. The van der Waals surface area contributed by atoms with E-state index in [4.69, 9.17) is 16.3 Å². The zero-order valence-electron chi connectivity index (χ0n) is 11.4. The minimum absolute atomic E-state index is 0.108. The van der Waals surface area contributed by atoms with Crippen LogP contribution in [0.3, 0.4) is 0 Å². The molecule has 1 amide bonds. The van der Waals surface area contributed by atoms with Crippen molar-refractivity contribution in [2.45, 2.75) is 24.8 Å². The van der Waals surface area contributed by atoms with Gasteiger partial charge in [-0.05, 0) is 32.0 Å². The number of amides is 1. The van der Waals surface area contributed by atoms with Crippen LogP contribution in [-0.4, -0.2) is 34.0 Å². The van der Waals surface area contributed by atoms with Crippen LogP contribution in [-0.2, 0) is 14.8 Å². The lowest BCUT2D eigenvalue weighted by atomic mass is 10.3. The zero-order chi connectivity index (χ0) is 15.3. The molecule has 2 N–H and O–H groups in total. The molecule has 112 valence electrons. The molecule has 0 aliphatic carbocycles. The predicted octanol–water partition coefficient (Wildman–Crippen LogP) is 1.15. The van der Waals surface area contributed by atoms with Crippen molar-refractivity contribution in [1.29, 1.82) is 0 Å². The van der Waals surface area contributed by atoms with E-state index < -0.39 is 22.0 Å². The number of benzene rings is 1. The second-order valence-electron chi connectivity index (χ2n) is 4.03. The summed E-state index contributed by atoms with van der Waals surface area (Å²) in [6.45, 7) is 3.63. The van der Waals surface area contributed by atoms with Crippen molar-refractivity contribution in [3.63, 3.8) is 0 Å². The van der Waals surface area contributed by atoms with Gasteiger partial charge in [-0.1, -0.05) is 11.6 Å². The predicted molar refractivity (Wildman–Crippen MR) is 76.5 cm³/mol. The Balaban J connectivity index is 3.05. The number of nitrogens with one attached hydrogen (secondary N) is 2. The molecule has 0 bridgehead atoms. The zero-order valence-corrected chi connectivity index (χ0v) is 13.0. The third-order valence-corrected chi connectivity index (χ3v) is 4.29. The number of hydrogen-bond acceptors (Lipinski definition) is 4. The van der Waals surface area contributed by atoms with Crippen molar-refractivity contribution in [3.05, 3.63) is 23.2 Å². The van der Waals surface area contributed by atoms with Gasteiger partial charge in [-0.15, -0.1) is 0 Å². The Kier molecular flexibility index (Phi) is 5.79. The first-order chi connectivity index (χ1) is 9.31. The lowest BCUT2D eigenvalue weighted by molar-refractivity contribution is -0.122. The molecular formula is C12H17ClN2O4S. The summed E-state index contributed by atoms with van der Waals surface area (Å²) >= 11 is 5.80. The lowest BCUT2D eigenvalue weighted by Gasteiger charge is -2.15. The number of halogens is 1. The van der Waals surface area contributed by atoms with Crippen molar-refractivity contribution >= 4 is 27.5 Å². The van der Waals surface area contributed by atoms with Gasteiger partial charge >= 0.3 is 0 Å². The fourth-order valence-corrected chi connectivity index (χ4v) is 3.17. The number of sulfonamides is 1. The number of carbonyl (C=O) groups excluding carboxylic acids is 1. The monoisotopic (exact) mass is 320 g/mol. The number of carbonyl (C=O) groups is 1. The van der Waals surface area contributed by atoms with Gasteiger partial charge < -0.3 is 10.1 Å². The first kappa shape index (κ1) is 16.7. The highest BCUT2D eigenvalue weighted by molar-refractivity contribution is 7.89. The van der Waals surface area contributed by atoms with Gasteiger partial charge in [0.2, 0.25) is 15.9 Å². The van der Waals surface area contributed by atoms with Crippen LogP contribution in [0.25, 0.3) is 0 Å². The molecule has 0 aliphatic heterocycles. The van der Waals surface area contributed by atoms with Gasteiger partial charge in [0.05, 0.1) is 13.2 Å². The third kappa shape index (κ3) is 4.09. The summed E-state index contributed by atoms with van der Waals surface area (Å²) in [5.41, 5.74) is 0. The average Bonchev–Trinajstić information content (AvgIpc) is 2.38. The topological polar surface area (TPSA) is 84.5 Å². The van der Waals surface area contributed by atoms with E-state index in [1.165, 1.54) is 32.2 Å². The van der Waals surface area contributed by atoms with Crippen molar-refractivity contribution in [3.8, 4) is 5.75 Å².